The van der Waals surface area contributed by atoms with Gasteiger partial charge in [-0.25, -0.2) is 4.39 Å². The van der Waals surface area contributed by atoms with Gasteiger partial charge in [-0.05, 0) is 76.9 Å². The highest BCUT2D eigenvalue weighted by atomic mass is 19.1. The van der Waals surface area contributed by atoms with Gasteiger partial charge in [0.05, 0.1) is 0 Å². The fourth-order valence-electron chi connectivity index (χ4n) is 5.37. The van der Waals surface area contributed by atoms with E-state index in [1.54, 1.807) is 0 Å². The van der Waals surface area contributed by atoms with Crippen molar-refractivity contribution in [3.05, 3.63) is 30.1 Å². The van der Waals surface area contributed by atoms with Gasteiger partial charge in [0.15, 0.2) is 0 Å². The lowest BCUT2D eigenvalue weighted by Crippen LogP contribution is -2.56. The molecular formula is C24H37FN4O. The minimum atomic E-state index is -0.181. The molecule has 1 unspecified atom stereocenters. The summed E-state index contributed by atoms with van der Waals surface area (Å²) in [5.41, 5.74) is 1.10. The Morgan fingerprint density at radius 2 is 1.60 bits per heavy atom. The van der Waals surface area contributed by atoms with Gasteiger partial charge in [-0.2, -0.15) is 0 Å². The highest BCUT2D eigenvalue weighted by Crippen LogP contribution is 2.25. The summed E-state index contributed by atoms with van der Waals surface area (Å²) in [6.45, 7) is 12.4. The van der Waals surface area contributed by atoms with Crippen LogP contribution in [-0.4, -0.2) is 85.0 Å². The number of carbonyl (C=O) groups is 1. The van der Waals surface area contributed by atoms with Crippen molar-refractivity contribution in [2.45, 2.75) is 51.6 Å². The van der Waals surface area contributed by atoms with Crippen molar-refractivity contribution in [1.29, 1.82) is 0 Å². The zero-order chi connectivity index (χ0) is 21.1. The minimum Gasteiger partial charge on any atom is -0.369 e. The van der Waals surface area contributed by atoms with Crippen LogP contribution in [0.5, 0.6) is 0 Å². The largest absolute Gasteiger partial charge is 0.369 e. The lowest BCUT2D eigenvalue weighted by molar-refractivity contribution is -0.139. The molecule has 0 spiro atoms. The molecule has 3 aliphatic rings. The van der Waals surface area contributed by atoms with E-state index in [2.05, 4.69) is 33.4 Å². The van der Waals surface area contributed by atoms with E-state index in [1.165, 1.54) is 18.6 Å². The van der Waals surface area contributed by atoms with Gasteiger partial charge in [-0.15, -0.1) is 0 Å². The molecule has 0 radical (unpaired) electrons. The maximum Gasteiger partial charge on any atom is 0.225 e. The zero-order valence-electron chi connectivity index (χ0n) is 18.6. The average molecular weight is 417 g/mol. The van der Waals surface area contributed by atoms with Crippen LogP contribution in [0.2, 0.25) is 0 Å². The van der Waals surface area contributed by atoms with Crippen molar-refractivity contribution in [3.8, 4) is 0 Å². The van der Waals surface area contributed by atoms with Gasteiger partial charge in [0.25, 0.3) is 0 Å². The number of amides is 1. The van der Waals surface area contributed by atoms with Crippen molar-refractivity contribution in [2.24, 2.45) is 5.92 Å². The number of hydrogen-bond acceptors (Lipinski definition) is 4. The van der Waals surface area contributed by atoms with Crippen LogP contribution in [0.4, 0.5) is 10.1 Å². The van der Waals surface area contributed by atoms with E-state index in [0.717, 1.165) is 77.3 Å². The summed E-state index contributed by atoms with van der Waals surface area (Å²) in [5, 5.41) is 0. The molecule has 3 aliphatic heterocycles. The molecular weight excluding hydrogens is 379 g/mol. The molecule has 3 heterocycles. The molecule has 1 aromatic carbocycles. The van der Waals surface area contributed by atoms with Gasteiger partial charge in [0.2, 0.25) is 5.91 Å². The molecule has 5 nitrogen and oxygen atoms in total. The van der Waals surface area contributed by atoms with Crippen molar-refractivity contribution in [3.63, 3.8) is 0 Å². The second kappa shape index (κ2) is 9.65. The molecule has 0 N–H and O–H groups in total. The van der Waals surface area contributed by atoms with E-state index in [4.69, 9.17) is 0 Å². The first-order chi connectivity index (χ1) is 14.5. The Hall–Kier alpha value is -1.66. The molecule has 1 aromatic rings. The van der Waals surface area contributed by atoms with Crippen molar-refractivity contribution < 1.29 is 9.18 Å². The molecule has 0 bridgehead atoms. The predicted molar refractivity (Wildman–Crippen MR) is 119 cm³/mol. The fourth-order valence-corrected chi connectivity index (χ4v) is 5.37. The molecule has 0 aliphatic carbocycles. The van der Waals surface area contributed by atoms with Crippen molar-refractivity contribution in [2.75, 3.05) is 57.3 Å². The van der Waals surface area contributed by atoms with Gasteiger partial charge in [0, 0.05) is 63.0 Å². The number of hydrogen-bond donors (Lipinski definition) is 0. The molecule has 166 valence electrons. The van der Waals surface area contributed by atoms with Crippen molar-refractivity contribution in [1.82, 2.24) is 14.7 Å². The Bertz CT molecular complexity index is 694. The van der Waals surface area contributed by atoms with E-state index >= 15 is 0 Å². The van der Waals surface area contributed by atoms with Crippen LogP contribution >= 0.6 is 0 Å². The molecule has 6 heteroatoms. The van der Waals surface area contributed by atoms with Crippen LogP contribution in [0.1, 0.15) is 39.5 Å². The second-order valence-electron chi connectivity index (χ2n) is 9.48. The normalized spacial score (nSPS) is 25.1. The summed E-state index contributed by atoms with van der Waals surface area (Å²) < 4.78 is 13.2. The third kappa shape index (κ3) is 4.97. The van der Waals surface area contributed by atoms with Crippen LogP contribution in [0.25, 0.3) is 0 Å². The third-order valence-electron chi connectivity index (χ3n) is 7.34. The molecule has 0 saturated carbocycles. The van der Waals surface area contributed by atoms with E-state index in [1.807, 2.05) is 12.1 Å². The van der Waals surface area contributed by atoms with E-state index < -0.39 is 0 Å². The van der Waals surface area contributed by atoms with E-state index in [9.17, 15) is 9.18 Å². The highest BCUT2D eigenvalue weighted by Gasteiger charge is 2.34. The first-order valence-corrected chi connectivity index (χ1v) is 11.8. The first kappa shape index (κ1) is 21.6. The molecule has 3 fully saturated rings. The summed E-state index contributed by atoms with van der Waals surface area (Å²) in [6, 6.07) is 7.88. The number of nitrogens with zero attached hydrogens (tertiary/aromatic N) is 4. The van der Waals surface area contributed by atoms with Crippen LogP contribution in [0.3, 0.4) is 0 Å². The molecule has 1 amide bonds. The van der Waals surface area contributed by atoms with E-state index in [-0.39, 0.29) is 11.7 Å². The fraction of sp³-hybridized carbons (Fsp3) is 0.708. The molecule has 3 saturated heterocycles. The summed E-state index contributed by atoms with van der Waals surface area (Å²) in [4.78, 5) is 22.7. The van der Waals surface area contributed by atoms with Gasteiger partial charge >= 0.3 is 0 Å². The number of anilines is 1. The third-order valence-corrected chi connectivity index (χ3v) is 7.34. The Balaban J connectivity index is 1.27. The Morgan fingerprint density at radius 3 is 2.23 bits per heavy atom. The standard InChI is InChI=1S/C24H37FN4O/c1-19(2)26-12-9-20(10-13-26)24(30)29-11-3-4-23(18-29)28-16-14-27(15-17-28)22-7-5-21(25)6-8-22/h5-8,19-20,23H,3-4,9-18H2,1-2H3. The number of carbonyl (C=O) groups excluding carboxylic acids is 1. The molecule has 0 aromatic heterocycles. The lowest BCUT2D eigenvalue weighted by atomic mass is 9.93. The molecule has 30 heavy (non-hydrogen) atoms. The Kier molecular flexibility index (Phi) is 6.94. The average Bonchev–Trinajstić information content (AvgIpc) is 2.79. The molecule has 4 rings (SSSR count). The Labute approximate surface area is 180 Å². The van der Waals surface area contributed by atoms with Crippen LogP contribution in [0.15, 0.2) is 24.3 Å². The smallest absolute Gasteiger partial charge is 0.225 e. The maximum atomic E-state index is 13.2. The summed E-state index contributed by atoms with van der Waals surface area (Å²) in [6.07, 6.45) is 4.31. The first-order valence-electron chi connectivity index (χ1n) is 11.8. The topological polar surface area (TPSA) is 30.0 Å². The van der Waals surface area contributed by atoms with Gasteiger partial charge in [0.1, 0.15) is 5.82 Å². The van der Waals surface area contributed by atoms with Gasteiger partial charge in [-0.1, -0.05) is 0 Å². The van der Waals surface area contributed by atoms with E-state index in [0.29, 0.717) is 18.0 Å². The number of rotatable bonds is 4. The second-order valence-corrected chi connectivity index (χ2v) is 9.48. The summed E-state index contributed by atoms with van der Waals surface area (Å²) in [5.74, 6) is 0.432. The number of halogens is 1. The van der Waals surface area contributed by atoms with Crippen molar-refractivity contribution >= 4 is 11.6 Å². The molecule has 1 atom stereocenters. The van der Waals surface area contributed by atoms with Crippen LogP contribution in [-0.2, 0) is 4.79 Å². The van der Waals surface area contributed by atoms with Crippen LogP contribution in [0, 0.1) is 11.7 Å². The lowest BCUT2D eigenvalue weighted by Gasteiger charge is -2.45. The SMILES string of the molecule is CC(C)N1CCC(C(=O)N2CCCC(N3CCN(c4ccc(F)cc4)CC3)C2)CC1. The highest BCUT2D eigenvalue weighted by molar-refractivity contribution is 5.79. The number of piperidine rings is 2. The minimum absolute atomic E-state index is 0.181. The van der Waals surface area contributed by atoms with Gasteiger partial charge in [-0.3, -0.25) is 9.69 Å². The van der Waals surface area contributed by atoms with Gasteiger partial charge < -0.3 is 14.7 Å². The predicted octanol–water partition coefficient (Wildman–Crippen LogP) is 3.06. The monoisotopic (exact) mass is 416 g/mol. The Morgan fingerprint density at radius 1 is 0.933 bits per heavy atom. The van der Waals surface area contributed by atoms with Crippen LogP contribution < -0.4 is 4.90 Å². The maximum absolute atomic E-state index is 13.2. The number of likely N-dealkylation sites (tertiary alicyclic amines) is 2. The number of benzene rings is 1. The quantitative estimate of drug-likeness (QED) is 0.755. The summed E-state index contributed by atoms with van der Waals surface area (Å²) >= 11 is 0. The zero-order valence-corrected chi connectivity index (χ0v) is 18.6. The summed E-state index contributed by atoms with van der Waals surface area (Å²) in [7, 11) is 0. The number of piperazine rings is 1.